The number of fused-ring (bicyclic) bond motifs is 1. The van der Waals surface area contributed by atoms with Gasteiger partial charge in [0.2, 0.25) is 0 Å². The van der Waals surface area contributed by atoms with Crippen LogP contribution in [0.2, 0.25) is 0 Å². The fourth-order valence-corrected chi connectivity index (χ4v) is 4.61. The highest BCUT2D eigenvalue weighted by Crippen LogP contribution is 2.25. The zero-order chi connectivity index (χ0) is 22.9. The molecule has 3 heterocycles. The first-order chi connectivity index (χ1) is 15.2. The molecule has 1 amide bonds. The second kappa shape index (κ2) is 9.03. The summed E-state index contributed by atoms with van der Waals surface area (Å²) in [6, 6.07) is 9.57. The average molecular weight is 455 g/mol. The van der Waals surface area contributed by atoms with E-state index in [-0.39, 0.29) is 16.9 Å². The molecule has 1 aliphatic rings. The zero-order valence-corrected chi connectivity index (χ0v) is 19.9. The Morgan fingerprint density at radius 1 is 1.16 bits per heavy atom. The molecule has 1 atom stereocenters. The minimum Gasteiger partial charge on any atom is -0.481 e. The molecular formula is C24H30N4O3S. The maximum absolute atomic E-state index is 12.9. The molecule has 0 N–H and O–H groups in total. The summed E-state index contributed by atoms with van der Waals surface area (Å²) >= 11 is 1.45. The van der Waals surface area contributed by atoms with E-state index in [1.165, 1.54) is 16.9 Å². The van der Waals surface area contributed by atoms with Crippen LogP contribution >= 0.6 is 11.3 Å². The SMILES string of the molecule is CC(Oc1ccc(C(C)(C)C)cc1)C(=O)N1CCN(Cc2cc(=O)n3ccsc3n2)CC1. The Morgan fingerprint density at radius 2 is 1.84 bits per heavy atom. The Morgan fingerprint density at radius 3 is 2.50 bits per heavy atom. The van der Waals surface area contributed by atoms with Crippen molar-refractivity contribution >= 4 is 22.2 Å². The second-order valence-electron chi connectivity index (χ2n) is 9.28. The number of hydrogen-bond donors (Lipinski definition) is 0. The molecular weight excluding hydrogens is 424 g/mol. The summed E-state index contributed by atoms with van der Waals surface area (Å²) < 4.78 is 7.47. The van der Waals surface area contributed by atoms with Gasteiger partial charge in [-0.05, 0) is 30.0 Å². The molecule has 0 radical (unpaired) electrons. The van der Waals surface area contributed by atoms with Gasteiger partial charge in [-0.3, -0.25) is 18.9 Å². The summed E-state index contributed by atoms with van der Waals surface area (Å²) in [5, 5.41) is 1.86. The second-order valence-corrected chi connectivity index (χ2v) is 10.2. The smallest absolute Gasteiger partial charge is 0.263 e. The number of carbonyl (C=O) groups is 1. The van der Waals surface area contributed by atoms with Gasteiger partial charge in [-0.1, -0.05) is 32.9 Å². The van der Waals surface area contributed by atoms with Crippen LogP contribution in [0.25, 0.3) is 4.96 Å². The molecule has 1 unspecified atom stereocenters. The van der Waals surface area contributed by atoms with Gasteiger partial charge in [0, 0.05) is 50.4 Å². The molecule has 0 bridgehead atoms. The predicted octanol–water partition coefficient (Wildman–Crippen LogP) is 3.17. The number of carbonyl (C=O) groups excluding carboxylic acids is 1. The van der Waals surface area contributed by atoms with Crippen molar-refractivity contribution < 1.29 is 9.53 Å². The standard InChI is InChI=1S/C24H30N4O3S/c1-17(31-20-7-5-18(6-8-20)24(2,3)4)22(30)27-11-9-26(10-12-27)16-19-15-21(29)28-13-14-32-23(28)25-19/h5-8,13-15,17H,9-12,16H2,1-4H3. The fourth-order valence-electron chi connectivity index (χ4n) is 3.87. The Kier molecular flexibility index (Phi) is 6.35. The van der Waals surface area contributed by atoms with E-state index in [0.29, 0.717) is 30.3 Å². The highest BCUT2D eigenvalue weighted by molar-refractivity contribution is 7.15. The van der Waals surface area contributed by atoms with Crippen LogP contribution in [0.1, 0.15) is 39.0 Å². The van der Waals surface area contributed by atoms with Crippen LogP contribution in [0.5, 0.6) is 5.75 Å². The van der Waals surface area contributed by atoms with Crippen LogP contribution < -0.4 is 10.3 Å². The highest BCUT2D eigenvalue weighted by atomic mass is 32.1. The largest absolute Gasteiger partial charge is 0.481 e. The van der Waals surface area contributed by atoms with Gasteiger partial charge >= 0.3 is 0 Å². The lowest BCUT2D eigenvalue weighted by atomic mass is 9.87. The van der Waals surface area contributed by atoms with Gasteiger partial charge in [-0.15, -0.1) is 11.3 Å². The summed E-state index contributed by atoms with van der Waals surface area (Å²) in [4.78, 5) is 34.4. The number of piperazine rings is 1. The first kappa shape index (κ1) is 22.5. The quantitative estimate of drug-likeness (QED) is 0.592. The summed E-state index contributed by atoms with van der Waals surface area (Å²) in [6.07, 6.45) is 1.20. The van der Waals surface area contributed by atoms with Crippen molar-refractivity contribution in [3.05, 3.63) is 63.5 Å². The molecule has 0 spiro atoms. The van der Waals surface area contributed by atoms with Crippen LogP contribution in [0.3, 0.4) is 0 Å². The number of ether oxygens (including phenoxy) is 1. The van der Waals surface area contributed by atoms with Crippen LogP contribution in [0, 0.1) is 0 Å². The van der Waals surface area contributed by atoms with E-state index < -0.39 is 6.10 Å². The number of benzene rings is 1. The maximum atomic E-state index is 12.9. The topological polar surface area (TPSA) is 67.2 Å². The van der Waals surface area contributed by atoms with E-state index in [1.54, 1.807) is 23.6 Å². The molecule has 170 valence electrons. The van der Waals surface area contributed by atoms with Crippen molar-refractivity contribution in [3.63, 3.8) is 0 Å². The van der Waals surface area contributed by atoms with E-state index in [9.17, 15) is 9.59 Å². The Balaban J connectivity index is 1.30. The van der Waals surface area contributed by atoms with Gasteiger partial charge in [0.05, 0.1) is 5.69 Å². The summed E-state index contributed by atoms with van der Waals surface area (Å²) in [5.41, 5.74) is 2.03. The lowest BCUT2D eigenvalue weighted by Gasteiger charge is -2.35. The number of nitrogens with zero attached hydrogens (tertiary/aromatic N) is 4. The van der Waals surface area contributed by atoms with Crippen LogP contribution in [0.4, 0.5) is 0 Å². The highest BCUT2D eigenvalue weighted by Gasteiger charge is 2.26. The minimum atomic E-state index is -0.537. The van der Waals surface area contributed by atoms with Crippen molar-refractivity contribution in [2.75, 3.05) is 26.2 Å². The Hall–Kier alpha value is -2.71. The summed E-state index contributed by atoms with van der Waals surface area (Å²) in [5.74, 6) is 0.708. The Labute approximate surface area is 192 Å². The lowest BCUT2D eigenvalue weighted by molar-refractivity contribution is -0.139. The number of aromatic nitrogens is 2. The number of hydrogen-bond acceptors (Lipinski definition) is 6. The fraction of sp³-hybridized carbons (Fsp3) is 0.458. The third-order valence-corrected chi connectivity index (χ3v) is 6.56. The summed E-state index contributed by atoms with van der Waals surface area (Å²) in [6.45, 7) is 11.7. The molecule has 4 rings (SSSR count). The van der Waals surface area contributed by atoms with Gasteiger partial charge in [0.25, 0.3) is 11.5 Å². The van der Waals surface area contributed by atoms with E-state index in [0.717, 1.165) is 18.8 Å². The van der Waals surface area contributed by atoms with Crippen molar-refractivity contribution in [3.8, 4) is 5.75 Å². The monoisotopic (exact) mass is 454 g/mol. The normalized spacial score (nSPS) is 16.3. The molecule has 1 aliphatic heterocycles. The molecule has 3 aromatic rings. The molecule has 8 heteroatoms. The Bertz CT molecular complexity index is 1140. The van der Waals surface area contributed by atoms with E-state index in [2.05, 4.69) is 42.8 Å². The molecule has 7 nitrogen and oxygen atoms in total. The maximum Gasteiger partial charge on any atom is 0.263 e. The van der Waals surface area contributed by atoms with Crippen molar-refractivity contribution in [1.29, 1.82) is 0 Å². The third kappa shape index (κ3) is 5.02. The van der Waals surface area contributed by atoms with Crippen LogP contribution in [0.15, 0.2) is 46.7 Å². The van der Waals surface area contributed by atoms with Gasteiger partial charge in [0.1, 0.15) is 5.75 Å². The van der Waals surface area contributed by atoms with Gasteiger partial charge in [-0.2, -0.15) is 0 Å². The molecule has 2 aromatic heterocycles. The third-order valence-electron chi connectivity index (χ3n) is 5.81. The number of amides is 1. The van der Waals surface area contributed by atoms with Crippen molar-refractivity contribution in [2.45, 2.75) is 45.8 Å². The number of rotatable bonds is 5. The minimum absolute atomic E-state index is 0.000854. The predicted molar refractivity (Wildman–Crippen MR) is 126 cm³/mol. The average Bonchev–Trinajstić information content (AvgIpc) is 3.23. The lowest BCUT2D eigenvalue weighted by Crippen LogP contribution is -2.51. The van der Waals surface area contributed by atoms with Crippen LogP contribution in [-0.4, -0.2) is 57.4 Å². The summed E-state index contributed by atoms with van der Waals surface area (Å²) in [7, 11) is 0. The first-order valence-corrected chi connectivity index (χ1v) is 11.8. The van der Waals surface area contributed by atoms with Crippen LogP contribution in [-0.2, 0) is 16.8 Å². The van der Waals surface area contributed by atoms with Gasteiger partial charge in [-0.25, -0.2) is 4.98 Å². The molecule has 1 aromatic carbocycles. The van der Waals surface area contributed by atoms with Crippen molar-refractivity contribution in [1.82, 2.24) is 19.2 Å². The van der Waals surface area contributed by atoms with E-state index in [1.807, 2.05) is 22.4 Å². The van der Waals surface area contributed by atoms with E-state index >= 15 is 0 Å². The molecule has 1 saturated heterocycles. The van der Waals surface area contributed by atoms with Gasteiger partial charge in [0.15, 0.2) is 11.1 Å². The molecule has 0 aliphatic carbocycles. The van der Waals surface area contributed by atoms with E-state index in [4.69, 9.17) is 4.74 Å². The molecule has 1 fully saturated rings. The molecule has 0 saturated carbocycles. The number of thiazole rings is 1. The molecule has 32 heavy (non-hydrogen) atoms. The van der Waals surface area contributed by atoms with Crippen molar-refractivity contribution in [2.24, 2.45) is 0 Å². The zero-order valence-electron chi connectivity index (χ0n) is 19.1. The van der Waals surface area contributed by atoms with Gasteiger partial charge < -0.3 is 9.64 Å². The first-order valence-electron chi connectivity index (χ1n) is 10.9.